The topological polar surface area (TPSA) is 51.7 Å². The molecule has 0 aliphatic rings. The SMILES string of the molecule is COc1cccc(C(=O)N(CCc2cccs2)c2nc3ccc(SC)cc3s2)c1OC. The number of rotatable bonds is 8. The highest BCUT2D eigenvalue weighted by Gasteiger charge is 2.25. The number of nitrogens with zero attached hydrogens (tertiary/aromatic N) is 2. The lowest BCUT2D eigenvalue weighted by Gasteiger charge is -2.21. The predicted molar refractivity (Wildman–Crippen MR) is 131 cm³/mol. The van der Waals surface area contributed by atoms with Gasteiger partial charge in [0.1, 0.15) is 0 Å². The molecule has 31 heavy (non-hydrogen) atoms. The molecule has 0 aliphatic carbocycles. The number of thiophene rings is 1. The van der Waals surface area contributed by atoms with Crippen molar-refractivity contribution in [2.24, 2.45) is 0 Å². The van der Waals surface area contributed by atoms with Crippen LogP contribution in [0.2, 0.25) is 0 Å². The summed E-state index contributed by atoms with van der Waals surface area (Å²) in [4.78, 5) is 22.6. The summed E-state index contributed by atoms with van der Waals surface area (Å²) in [5.41, 5.74) is 1.35. The molecule has 2 aromatic heterocycles. The summed E-state index contributed by atoms with van der Waals surface area (Å²) < 4.78 is 12.0. The van der Waals surface area contributed by atoms with Crippen molar-refractivity contribution < 1.29 is 14.3 Å². The van der Waals surface area contributed by atoms with Gasteiger partial charge in [0.2, 0.25) is 0 Å². The van der Waals surface area contributed by atoms with Gasteiger partial charge in [-0.25, -0.2) is 4.98 Å². The Balaban J connectivity index is 1.75. The summed E-state index contributed by atoms with van der Waals surface area (Å²) in [6, 6.07) is 15.6. The molecular weight excluding hydrogens is 448 g/mol. The Morgan fingerprint density at radius 3 is 2.71 bits per heavy atom. The van der Waals surface area contributed by atoms with E-state index < -0.39 is 0 Å². The van der Waals surface area contributed by atoms with Gasteiger partial charge in [-0.3, -0.25) is 9.69 Å². The highest BCUT2D eigenvalue weighted by Crippen LogP contribution is 2.36. The minimum absolute atomic E-state index is 0.156. The molecule has 0 bridgehead atoms. The minimum atomic E-state index is -0.156. The van der Waals surface area contributed by atoms with Gasteiger partial charge in [-0.2, -0.15) is 0 Å². The van der Waals surface area contributed by atoms with Crippen molar-refractivity contribution >= 4 is 55.7 Å². The fourth-order valence-electron chi connectivity index (χ4n) is 3.30. The van der Waals surface area contributed by atoms with Gasteiger partial charge in [0.15, 0.2) is 16.6 Å². The Kier molecular flexibility index (Phi) is 6.80. The molecular formula is C23H22N2O3S3. The molecule has 0 aliphatic heterocycles. The van der Waals surface area contributed by atoms with Gasteiger partial charge < -0.3 is 9.47 Å². The molecule has 0 radical (unpaired) electrons. The van der Waals surface area contributed by atoms with Crippen LogP contribution in [-0.4, -0.2) is 37.9 Å². The molecule has 8 heteroatoms. The summed E-state index contributed by atoms with van der Waals surface area (Å²) in [5.74, 6) is 0.804. The van der Waals surface area contributed by atoms with E-state index in [0.717, 1.165) is 16.6 Å². The van der Waals surface area contributed by atoms with Crippen LogP contribution in [0.3, 0.4) is 0 Å². The van der Waals surface area contributed by atoms with Gasteiger partial charge in [-0.05, 0) is 54.5 Å². The van der Waals surface area contributed by atoms with Gasteiger partial charge in [0.05, 0.1) is 30.0 Å². The monoisotopic (exact) mass is 470 g/mol. The molecule has 0 saturated heterocycles. The molecule has 0 fully saturated rings. The number of fused-ring (bicyclic) bond motifs is 1. The number of thioether (sulfide) groups is 1. The molecule has 0 unspecified atom stereocenters. The zero-order valence-corrected chi connectivity index (χ0v) is 19.9. The average molecular weight is 471 g/mol. The van der Waals surface area contributed by atoms with Crippen molar-refractivity contribution in [3.63, 3.8) is 0 Å². The Morgan fingerprint density at radius 2 is 2.00 bits per heavy atom. The van der Waals surface area contributed by atoms with Crippen LogP contribution >= 0.6 is 34.4 Å². The minimum Gasteiger partial charge on any atom is -0.493 e. The maximum absolute atomic E-state index is 13.7. The van der Waals surface area contributed by atoms with Crippen molar-refractivity contribution in [1.82, 2.24) is 4.98 Å². The van der Waals surface area contributed by atoms with Gasteiger partial charge in [-0.1, -0.05) is 23.5 Å². The molecule has 2 aromatic carbocycles. The van der Waals surface area contributed by atoms with Crippen LogP contribution in [0.5, 0.6) is 11.5 Å². The molecule has 0 atom stereocenters. The van der Waals surface area contributed by atoms with Crippen molar-refractivity contribution in [3.8, 4) is 11.5 Å². The number of benzene rings is 2. The van der Waals surface area contributed by atoms with E-state index in [4.69, 9.17) is 14.5 Å². The van der Waals surface area contributed by atoms with Crippen LogP contribution < -0.4 is 14.4 Å². The normalized spacial score (nSPS) is 10.9. The first-order chi connectivity index (χ1) is 15.1. The van der Waals surface area contributed by atoms with Gasteiger partial charge in [0.25, 0.3) is 5.91 Å². The number of hydrogen-bond donors (Lipinski definition) is 0. The number of methoxy groups -OCH3 is 2. The first kappa shape index (κ1) is 21.7. The van der Waals surface area contributed by atoms with E-state index in [0.29, 0.717) is 28.7 Å². The maximum atomic E-state index is 13.7. The second kappa shape index (κ2) is 9.72. The maximum Gasteiger partial charge on any atom is 0.263 e. The van der Waals surface area contributed by atoms with Crippen molar-refractivity contribution in [1.29, 1.82) is 0 Å². The van der Waals surface area contributed by atoms with E-state index in [1.54, 1.807) is 60.4 Å². The smallest absolute Gasteiger partial charge is 0.263 e. The average Bonchev–Trinajstić information content (AvgIpc) is 3.47. The van der Waals surface area contributed by atoms with Crippen LogP contribution in [0.25, 0.3) is 10.2 Å². The lowest BCUT2D eigenvalue weighted by Crippen LogP contribution is -2.33. The number of ether oxygens (including phenoxy) is 2. The molecule has 4 aromatic rings. The largest absolute Gasteiger partial charge is 0.493 e. The predicted octanol–water partition coefficient (Wildman–Crippen LogP) is 5.99. The number of thiazole rings is 1. The van der Waals surface area contributed by atoms with Crippen LogP contribution in [0.4, 0.5) is 5.13 Å². The van der Waals surface area contributed by atoms with Gasteiger partial charge in [0, 0.05) is 16.3 Å². The molecule has 2 heterocycles. The summed E-state index contributed by atoms with van der Waals surface area (Å²) in [6.07, 6.45) is 2.80. The Bertz CT molecular complexity index is 1190. The van der Waals surface area contributed by atoms with Crippen LogP contribution in [-0.2, 0) is 6.42 Å². The second-order valence-corrected chi connectivity index (χ2v) is 9.58. The number of aromatic nitrogens is 1. The Morgan fingerprint density at radius 1 is 1.13 bits per heavy atom. The summed E-state index contributed by atoms with van der Waals surface area (Å²) in [7, 11) is 3.11. The number of para-hydroxylation sites is 1. The molecule has 0 N–H and O–H groups in total. The Labute approximate surface area is 193 Å². The van der Waals surface area contributed by atoms with Crippen LogP contribution in [0.15, 0.2) is 58.8 Å². The first-order valence-corrected chi connectivity index (χ1v) is 12.6. The molecule has 160 valence electrons. The van der Waals surface area contributed by atoms with Crippen molar-refractivity contribution in [2.75, 3.05) is 31.9 Å². The third-order valence-electron chi connectivity index (χ3n) is 4.86. The lowest BCUT2D eigenvalue weighted by molar-refractivity contribution is 0.0983. The number of carbonyl (C=O) groups excluding carboxylic acids is 1. The standard InChI is InChI=1S/C23H22N2O3S3/c1-27-19-8-4-7-17(21(19)28-2)22(26)25(12-11-15-6-5-13-30-15)23-24-18-10-9-16(29-3)14-20(18)31-23/h4-10,13-14H,11-12H2,1-3H3. The molecule has 5 nitrogen and oxygen atoms in total. The van der Waals surface area contributed by atoms with E-state index in [1.165, 1.54) is 21.1 Å². The van der Waals surface area contributed by atoms with Crippen molar-refractivity contribution in [3.05, 3.63) is 64.4 Å². The molecule has 1 amide bonds. The van der Waals surface area contributed by atoms with Gasteiger partial charge in [-0.15, -0.1) is 23.1 Å². The number of amides is 1. The highest BCUT2D eigenvalue weighted by molar-refractivity contribution is 7.98. The third kappa shape index (κ3) is 4.56. The zero-order valence-electron chi connectivity index (χ0n) is 17.5. The zero-order chi connectivity index (χ0) is 21.8. The van der Waals surface area contributed by atoms with Gasteiger partial charge >= 0.3 is 0 Å². The Hall–Kier alpha value is -2.55. The van der Waals surface area contributed by atoms with E-state index in [9.17, 15) is 4.79 Å². The third-order valence-corrected chi connectivity index (χ3v) is 7.56. The second-order valence-electron chi connectivity index (χ2n) is 6.66. The highest BCUT2D eigenvalue weighted by atomic mass is 32.2. The summed E-state index contributed by atoms with van der Waals surface area (Å²) in [6.45, 7) is 0.523. The van der Waals surface area contributed by atoms with E-state index in [-0.39, 0.29) is 5.91 Å². The molecule has 0 spiro atoms. The van der Waals surface area contributed by atoms with E-state index >= 15 is 0 Å². The number of carbonyl (C=O) groups is 1. The summed E-state index contributed by atoms with van der Waals surface area (Å²) in [5, 5.41) is 2.73. The van der Waals surface area contributed by atoms with Crippen LogP contribution in [0.1, 0.15) is 15.2 Å². The van der Waals surface area contributed by atoms with E-state index in [2.05, 4.69) is 24.5 Å². The number of anilines is 1. The molecule has 0 saturated carbocycles. The quantitative estimate of drug-likeness (QED) is 0.296. The van der Waals surface area contributed by atoms with Crippen LogP contribution in [0, 0.1) is 0 Å². The molecule has 4 rings (SSSR count). The lowest BCUT2D eigenvalue weighted by atomic mass is 10.1. The van der Waals surface area contributed by atoms with E-state index in [1.807, 2.05) is 17.5 Å². The summed E-state index contributed by atoms with van der Waals surface area (Å²) >= 11 is 4.91. The fourth-order valence-corrected chi connectivity index (χ4v) is 5.54. The fraction of sp³-hybridized carbons (Fsp3) is 0.217. The van der Waals surface area contributed by atoms with Crippen molar-refractivity contribution in [2.45, 2.75) is 11.3 Å². The number of hydrogen-bond acceptors (Lipinski definition) is 7. The first-order valence-electron chi connectivity index (χ1n) is 9.64.